The number of amidine groups is 1. The van der Waals surface area contributed by atoms with Crippen LogP contribution in [0.4, 0.5) is 5.69 Å². The third-order valence-electron chi connectivity index (χ3n) is 5.81. The van der Waals surface area contributed by atoms with E-state index in [9.17, 15) is 9.59 Å². The molecule has 0 atom stereocenters. The van der Waals surface area contributed by atoms with E-state index in [2.05, 4.69) is 15.0 Å². The highest BCUT2D eigenvalue weighted by Gasteiger charge is 2.43. The molecule has 2 aromatic heterocycles. The fourth-order valence-electron chi connectivity index (χ4n) is 4.15. The number of benzene rings is 1. The van der Waals surface area contributed by atoms with Crippen molar-refractivity contribution in [2.24, 2.45) is 10.7 Å². The number of nitrogens with zero attached hydrogens (tertiary/aromatic N) is 4. The highest BCUT2D eigenvalue weighted by atomic mass is 32.1. The number of anilines is 1. The molecule has 0 aliphatic carbocycles. The van der Waals surface area contributed by atoms with Crippen molar-refractivity contribution >= 4 is 41.0 Å². The van der Waals surface area contributed by atoms with Crippen LogP contribution in [-0.2, 0) is 9.59 Å². The van der Waals surface area contributed by atoms with Gasteiger partial charge in [0.05, 0.1) is 16.1 Å². The Morgan fingerprint density at radius 2 is 2.12 bits per heavy atom. The van der Waals surface area contributed by atoms with E-state index in [1.54, 1.807) is 35.4 Å². The maximum Gasteiger partial charge on any atom is 0.252 e. The van der Waals surface area contributed by atoms with E-state index in [0.29, 0.717) is 18.8 Å². The number of H-pyrrole nitrogens is 1. The van der Waals surface area contributed by atoms with Gasteiger partial charge in [-0.3, -0.25) is 20.0 Å². The number of rotatable bonds is 5. The third-order valence-corrected chi connectivity index (χ3v) is 6.62. The summed E-state index contributed by atoms with van der Waals surface area (Å²) in [4.78, 5) is 40.9. The molecule has 4 N–H and O–H groups in total. The lowest BCUT2D eigenvalue weighted by molar-refractivity contribution is -0.145. The van der Waals surface area contributed by atoms with Gasteiger partial charge in [0, 0.05) is 48.7 Å². The first-order chi connectivity index (χ1) is 15.7. The molecule has 1 aliphatic heterocycles. The number of carbonyl (C=O) groups is 2. The van der Waals surface area contributed by atoms with Gasteiger partial charge in [-0.25, -0.2) is 4.99 Å². The Kier molecular flexibility index (Phi) is 5.86. The lowest BCUT2D eigenvalue weighted by Gasteiger charge is -2.45. The van der Waals surface area contributed by atoms with Crippen molar-refractivity contribution in [2.45, 2.75) is 26.3 Å². The second-order valence-electron chi connectivity index (χ2n) is 8.22. The molecule has 0 spiro atoms. The number of hydrogen-bond acceptors (Lipinski definition) is 5. The molecule has 33 heavy (non-hydrogen) atoms. The summed E-state index contributed by atoms with van der Waals surface area (Å²) in [6.45, 7) is 5.93. The number of nitrogens with one attached hydrogen (secondary N) is 2. The Morgan fingerprint density at radius 3 is 2.79 bits per heavy atom. The molecule has 9 nitrogen and oxygen atoms in total. The topological polar surface area (TPSA) is 132 Å². The Bertz CT molecular complexity index is 1240. The highest BCUT2D eigenvalue weighted by molar-refractivity contribution is 7.13. The van der Waals surface area contributed by atoms with Crippen molar-refractivity contribution in [3.8, 4) is 21.7 Å². The van der Waals surface area contributed by atoms with E-state index < -0.39 is 5.54 Å². The number of thiazole rings is 1. The van der Waals surface area contributed by atoms with Crippen molar-refractivity contribution in [1.29, 1.82) is 5.41 Å². The molecule has 0 radical (unpaired) electrons. The molecular formula is C23H25N7O2S. The molecule has 1 fully saturated rings. The van der Waals surface area contributed by atoms with Crippen LogP contribution in [0.3, 0.4) is 0 Å². The minimum Gasteiger partial charge on any atom is -0.382 e. The average molecular weight is 464 g/mol. The van der Waals surface area contributed by atoms with E-state index in [1.165, 1.54) is 18.3 Å². The minimum absolute atomic E-state index is 0.111. The van der Waals surface area contributed by atoms with E-state index in [0.717, 1.165) is 33.7 Å². The Hall–Kier alpha value is -3.79. The molecule has 1 aromatic carbocycles. The van der Waals surface area contributed by atoms with Gasteiger partial charge in [0.1, 0.15) is 17.7 Å². The van der Waals surface area contributed by atoms with Crippen molar-refractivity contribution in [1.82, 2.24) is 14.9 Å². The fourth-order valence-corrected chi connectivity index (χ4v) is 4.80. The zero-order valence-electron chi connectivity index (χ0n) is 18.6. The van der Waals surface area contributed by atoms with Crippen LogP contribution in [-0.4, -0.2) is 57.5 Å². The summed E-state index contributed by atoms with van der Waals surface area (Å²) in [6, 6.07) is 9.63. The molecule has 3 heterocycles. The van der Waals surface area contributed by atoms with E-state index in [-0.39, 0.29) is 17.6 Å². The molecule has 1 saturated heterocycles. The Labute approximate surface area is 195 Å². The van der Waals surface area contributed by atoms with Gasteiger partial charge in [0.2, 0.25) is 5.91 Å². The first kappa shape index (κ1) is 22.4. The summed E-state index contributed by atoms with van der Waals surface area (Å²) < 4.78 is 0. The van der Waals surface area contributed by atoms with Crippen LogP contribution in [0, 0.1) is 5.41 Å². The fraction of sp³-hybridized carbons (Fsp3) is 0.261. The SMILES string of the molecule is CC(=O)N1CCN(c2cccc(-c3cc(-c4cncs4)c(C(N)=NC=N)[nH]3)c2)C(=O)C1(C)C. The smallest absolute Gasteiger partial charge is 0.252 e. The molecular weight excluding hydrogens is 438 g/mol. The van der Waals surface area contributed by atoms with Gasteiger partial charge < -0.3 is 20.5 Å². The monoisotopic (exact) mass is 463 g/mol. The zero-order chi connectivity index (χ0) is 23.8. The van der Waals surface area contributed by atoms with Crippen molar-refractivity contribution < 1.29 is 9.59 Å². The molecule has 0 saturated carbocycles. The minimum atomic E-state index is -0.920. The average Bonchev–Trinajstić information content (AvgIpc) is 3.45. The van der Waals surface area contributed by atoms with Gasteiger partial charge in [-0.05, 0) is 32.0 Å². The van der Waals surface area contributed by atoms with Crippen molar-refractivity contribution in [3.63, 3.8) is 0 Å². The van der Waals surface area contributed by atoms with Crippen LogP contribution in [0.1, 0.15) is 26.5 Å². The van der Waals surface area contributed by atoms with Crippen LogP contribution in [0.15, 0.2) is 47.0 Å². The number of aliphatic imine (C=N–C) groups is 1. The van der Waals surface area contributed by atoms with E-state index in [4.69, 9.17) is 11.1 Å². The largest absolute Gasteiger partial charge is 0.382 e. The number of aromatic nitrogens is 2. The van der Waals surface area contributed by atoms with Crippen LogP contribution >= 0.6 is 11.3 Å². The number of nitrogens with two attached hydrogens (primary N) is 1. The van der Waals surface area contributed by atoms with Gasteiger partial charge in [-0.15, -0.1) is 11.3 Å². The number of amides is 2. The van der Waals surface area contributed by atoms with Gasteiger partial charge in [-0.2, -0.15) is 0 Å². The van der Waals surface area contributed by atoms with Gasteiger partial charge >= 0.3 is 0 Å². The first-order valence-corrected chi connectivity index (χ1v) is 11.3. The second-order valence-corrected chi connectivity index (χ2v) is 9.10. The normalized spacial score (nSPS) is 16.2. The summed E-state index contributed by atoms with van der Waals surface area (Å²) in [5.74, 6) is -0.0329. The Morgan fingerprint density at radius 1 is 1.33 bits per heavy atom. The quantitative estimate of drug-likeness (QED) is 0.396. The predicted molar refractivity (Wildman–Crippen MR) is 131 cm³/mol. The van der Waals surface area contributed by atoms with Gasteiger partial charge in [-0.1, -0.05) is 12.1 Å². The van der Waals surface area contributed by atoms with Crippen molar-refractivity contribution in [2.75, 3.05) is 18.0 Å². The van der Waals surface area contributed by atoms with Crippen LogP contribution in [0.5, 0.6) is 0 Å². The van der Waals surface area contributed by atoms with Gasteiger partial charge in [0.25, 0.3) is 5.91 Å². The van der Waals surface area contributed by atoms with Crippen LogP contribution in [0.25, 0.3) is 21.7 Å². The third kappa shape index (κ3) is 4.05. The summed E-state index contributed by atoms with van der Waals surface area (Å²) >= 11 is 1.48. The molecule has 4 rings (SSSR count). The number of aromatic amines is 1. The summed E-state index contributed by atoms with van der Waals surface area (Å²) in [5, 5.41) is 7.25. The molecule has 170 valence electrons. The summed E-state index contributed by atoms with van der Waals surface area (Å²) in [5.41, 5.74) is 10.8. The lowest BCUT2D eigenvalue weighted by atomic mass is 9.96. The van der Waals surface area contributed by atoms with Crippen LogP contribution < -0.4 is 10.6 Å². The maximum atomic E-state index is 13.3. The summed E-state index contributed by atoms with van der Waals surface area (Å²) in [7, 11) is 0. The molecule has 3 aromatic rings. The first-order valence-electron chi connectivity index (χ1n) is 10.4. The molecule has 10 heteroatoms. The molecule has 0 bridgehead atoms. The number of piperazine rings is 1. The summed E-state index contributed by atoms with van der Waals surface area (Å²) in [6.07, 6.45) is 2.66. The standard InChI is InChI=1S/C23H25N7O2S/c1-14(31)30-8-7-29(22(32)23(30,2)3)16-6-4-5-15(9-16)18-10-17(19-11-26-13-33-19)20(28-18)21(25)27-12-24/h4-6,9-13,28H,7-8H2,1-3H3,(H3,24,25,27). The van der Waals surface area contributed by atoms with E-state index in [1.807, 2.05) is 30.3 Å². The zero-order valence-corrected chi connectivity index (χ0v) is 19.4. The lowest BCUT2D eigenvalue weighted by Crippen LogP contribution is -2.64. The van der Waals surface area contributed by atoms with E-state index >= 15 is 0 Å². The molecule has 2 amide bonds. The second kappa shape index (κ2) is 8.62. The Balaban J connectivity index is 1.73. The highest BCUT2D eigenvalue weighted by Crippen LogP contribution is 2.34. The predicted octanol–water partition coefficient (Wildman–Crippen LogP) is 3.09. The van der Waals surface area contributed by atoms with Crippen LogP contribution in [0.2, 0.25) is 0 Å². The van der Waals surface area contributed by atoms with Crippen molar-refractivity contribution in [3.05, 3.63) is 47.7 Å². The molecule has 1 aliphatic rings. The number of carbonyl (C=O) groups excluding carboxylic acids is 2. The molecule has 0 unspecified atom stereocenters. The maximum absolute atomic E-state index is 13.3. The number of hydrogen-bond donors (Lipinski definition) is 3. The van der Waals surface area contributed by atoms with Gasteiger partial charge in [0.15, 0.2) is 0 Å².